The zero-order chi connectivity index (χ0) is 12.8. The van der Waals surface area contributed by atoms with Gasteiger partial charge in [0.15, 0.2) is 11.5 Å². The summed E-state index contributed by atoms with van der Waals surface area (Å²) in [5.74, 6) is 3.66. The molecule has 0 aromatic carbocycles. The first-order valence-electron chi connectivity index (χ1n) is 7.04. The standard InChI is InChI=1S/C14H17BrN4/c15-12-8-19-6-5-16-14(19)13(18-12)17-7-11(9-1-2-9)10-3-4-10/h5-6,8-11H,1-4,7H2,(H,17,18). The van der Waals surface area contributed by atoms with E-state index in [1.54, 1.807) is 0 Å². The Kier molecular flexibility index (Phi) is 2.76. The monoisotopic (exact) mass is 320 g/mol. The molecule has 0 spiro atoms. The van der Waals surface area contributed by atoms with Gasteiger partial charge in [-0.25, -0.2) is 9.97 Å². The summed E-state index contributed by atoms with van der Waals surface area (Å²) in [6.45, 7) is 1.04. The molecule has 0 saturated heterocycles. The molecule has 4 rings (SSSR count). The summed E-state index contributed by atoms with van der Waals surface area (Å²) in [5, 5.41) is 3.53. The van der Waals surface area contributed by atoms with E-state index < -0.39 is 0 Å². The van der Waals surface area contributed by atoms with E-state index in [2.05, 4.69) is 31.2 Å². The quantitative estimate of drug-likeness (QED) is 0.918. The van der Waals surface area contributed by atoms with Crippen LogP contribution in [0.5, 0.6) is 0 Å². The summed E-state index contributed by atoms with van der Waals surface area (Å²) in [6.07, 6.45) is 11.4. The zero-order valence-corrected chi connectivity index (χ0v) is 12.3. The molecule has 2 saturated carbocycles. The van der Waals surface area contributed by atoms with Gasteiger partial charge in [-0.2, -0.15) is 0 Å². The number of imidazole rings is 1. The molecule has 0 atom stereocenters. The van der Waals surface area contributed by atoms with Crippen molar-refractivity contribution in [1.29, 1.82) is 0 Å². The number of rotatable bonds is 5. The number of nitrogens with one attached hydrogen (secondary N) is 1. The zero-order valence-electron chi connectivity index (χ0n) is 10.7. The summed E-state index contributed by atoms with van der Waals surface area (Å²) in [6, 6.07) is 0. The number of anilines is 1. The van der Waals surface area contributed by atoms with Crippen LogP contribution in [0.2, 0.25) is 0 Å². The Morgan fingerprint density at radius 1 is 1.32 bits per heavy atom. The molecule has 2 aliphatic carbocycles. The van der Waals surface area contributed by atoms with Crippen molar-refractivity contribution in [3.63, 3.8) is 0 Å². The summed E-state index contributed by atoms with van der Waals surface area (Å²) in [4.78, 5) is 8.90. The van der Waals surface area contributed by atoms with Gasteiger partial charge in [0.05, 0.1) is 0 Å². The van der Waals surface area contributed by atoms with Gasteiger partial charge in [-0.05, 0) is 59.4 Å². The smallest absolute Gasteiger partial charge is 0.180 e. The lowest BCUT2D eigenvalue weighted by Gasteiger charge is -2.17. The molecule has 4 nitrogen and oxygen atoms in total. The van der Waals surface area contributed by atoms with Crippen molar-refractivity contribution in [2.24, 2.45) is 17.8 Å². The van der Waals surface area contributed by atoms with Crippen LogP contribution in [0, 0.1) is 17.8 Å². The van der Waals surface area contributed by atoms with Crippen LogP contribution in [0.1, 0.15) is 25.7 Å². The fraction of sp³-hybridized carbons (Fsp3) is 0.571. The highest BCUT2D eigenvalue weighted by Gasteiger charge is 2.41. The number of hydrogen-bond acceptors (Lipinski definition) is 3. The Labute approximate surface area is 120 Å². The highest BCUT2D eigenvalue weighted by molar-refractivity contribution is 9.10. The van der Waals surface area contributed by atoms with Gasteiger partial charge in [0.2, 0.25) is 0 Å². The molecule has 2 aromatic heterocycles. The fourth-order valence-electron chi connectivity index (χ4n) is 3.00. The fourth-order valence-corrected chi connectivity index (χ4v) is 3.40. The van der Waals surface area contributed by atoms with Gasteiger partial charge in [-0.15, -0.1) is 0 Å². The summed E-state index contributed by atoms with van der Waals surface area (Å²) in [5.41, 5.74) is 0.911. The maximum Gasteiger partial charge on any atom is 0.180 e. The van der Waals surface area contributed by atoms with Crippen LogP contribution in [0.3, 0.4) is 0 Å². The third-order valence-electron chi connectivity index (χ3n) is 4.30. The predicted octanol–water partition coefficient (Wildman–Crippen LogP) is 3.34. The Hall–Kier alpha value is -1.10. The van der Waals surface area contributed by atoms with Crippen LogP contribution in [-0.2, 0) is 0 Å². The molecule has 0 bridgehead atoms. The van der Waals surface area contributed by atoms with Crippen LogP contribution in [0.25, 0.3) is 5.65 Å². The van der Waals surface area contributed by atoms with Crippen LogP contribution in [0.15, 0.2) is 23.2 Å². The number of aromatic nitrogens is 3. The van der Waals surface area contributed by atoms with E-state index in [4.69, 9.17) is 0 Å². The second-order valence-electron chi connectivity index (χ2n) is 5.79. The van der Waals surface area contributed by atoms with Gasteiger partial charge in [-0.1, -0.05) is 0 Å². The minimum atomic E-state index is 0.842. The molecule has 100 valence electrons. The lowest BCUT2D eigenvalue weighted by Crippen LogP contribution is -2.19. The molecule has 2 aliphatic rings. The molecule has 19 heavy (non-hydrogen) atoms. The van der Waals surface area contributed by atoms with Gasteiger partial charge in [0.25, 0.3) is 0 Å². The minimum Gasteiger partial charge on any atom is -0.367 e. The first kappa shape index (κ1) is 11.7. The molecule has 0 aliphatic heterocycles. The van der Waals surface area contributed by atoms with Gasteiger partial charge >= 0.3 is 0 Å². The van der Waals surface area contributed by atoms with Crippen molar-refractivity contribution in [1.82, 2.24) is 14.4 Å². The molecule has 2 heterocycles. The van der Waals surface area contributed by atoms with E-state index in [9.17, 15) is 0 Å². The normalized spacial score (nSPS) is 19.3. The summed E-state index contributed by atoms with van der Waals surface area (Å²) in [7, 11) is 0. The van der Waals surface area contributed by atoms with Gasteiger partial charge in [0.1, 0.15) is 4.60 Å². The third kappa shape index (κ3) is 2.36. The number of nitrogens with zero attached hydrogens (tertiary/aromatic N) is 3. The highest BCUT2D eigenvalue weighted by atomic mass is 79.9. The molecule has 0 unspecified atom stereocenters. The van der Waals surface area contributed by atoms with E-state index in [1.807, 2.05) is 23.0 Å². The second-order valence-corrected chi connectivity index (χ2v) is 6.60. The molecule has 2 aromatic rings. The van der Waals surface area contributed by atoms with Crippen molar-refractivity contribution in [3.8, 4) is 0 Å². The molecule has 5 heteroatoms. The van der Waals surface area contributed by atoms with Crippen LogP contribution < -0.4 is 5.32 Å². The molecule has 0 amide bonds. The SMILES string of the molecule is Brc1cn2ccnc2c(NCC(C2CC2)C2CC2)n1. The van der Waals surface area contributed by atoms with Crippen molar-refractivity contribution >= 4 is 27.4 Å². The molecular weight excluding hydrogens is 304 g/mol. The van der Waals surface area contributed by atoms with Gasteiger partial charge in [-0.3, -0.25) is 0 Å². The Balaban J connectivity index is 1.55. The van der Waals surface area contributed by atoms with Crippen LogP contribution in [0.4, 0.5) is 5.82 Å². The van der Waals surface area contributed by atoms with Crippen molar-refractivity contribution in [2.75, 3.05) is 11.9 Å². The van der Waals surface area contributed by atoms with E-state index in [0.29, 0.717) is 0 Å². The second kappa shape index (κ2) is 4.47. The van der Waals surface area contributed by atoms with Gasteiger partial charge in [0, 0.05) is 25.1 Å². The summed E-state index contributed by atoms with van der Waals surface area (Å²) >= 11 is 3.46. The first-order valence-corrected chi connectivity index (χ1v) is 7.83. The molecule has 1 N–H and O–H groups in total. The van der Waals surface area contributed by atoms with Crippen molar-refractivity contribution in [3.05, 3.63) is 23.2 Å². The molecular formula is C14H17BrN4. The van der Waals surface area contributed by atoms with Gasteiger partial charge < -0.3 is 9.72 Å². The van der Waals surface area contributed by atoms with Crippen molar-refractivity contribution in [2.45, 2.75) is 25.7 Å². The predicted molar refractivity (Wildman–Crippen MR) is 78.1 cm³/mol. The Morgan fingerprint density at radius 3 is 2.74 bits per heavy atom. The number of hydrogen-bond donors (Lipinski definition) is 1. The average molecular weight is 321 g/mol. The van der Waals surface area contributed by atoms with Crippen LogP contribution in [-0.4, -0.2) is 20.9 Å². The Morgan fingerprint density at radius 2 is 2.05 bits per heavy atom. The van der Waals surface area contributed by atoms with Crippen molar-refractivity contribution < 1.29 is 0 Å². The van der Waals surface area contributed by atoms with E-state index in [1.165, 1.54) is 25.7 Å². The maximum absolute atomic E-state index is 4.53. The lowest BCUT2D eigenvalue weighted by atomic mass is 9.98. The van der Waals surface area contributed by atoms with E-state index in [0.717, 1.165) is 40.4 Å². The number of halogens is 1. The Bertz CT molecular complexity index is 589. The largest absolute Gasteiger partial charge is 0.367 e. The molecule has 0 radical (unpaired) electrons. The lowest BCUT2D eigenvalue weighted by molar-refractivity contribution is 0.428. The third-order valence-corrected chi connectivity index (χ3v) is 4.69. The van der Waals surface area contributed by atoms with E-state index >= 15 is 0 Å². The first-order chi connectivity index (χ1) is 9.31. The molecule has 2 fully saturated rings. The summed E-state index contributed by atoms with van der Waals surface area (Å²) < 4.78 is 2.85. The number of fused-ring (bicyclic) bond motifs is 1. The van der Waals surface area contributed by atoms with Crippen LogP contribution >= 0.6 is 15.9 Å². The minimum absolute atomic E-state index is 0.842. The topological polar surface area (TPSA) is 42.2 Å². The highest BCUT2D eigenvalue weighted by Crippen LogP contribution is 2.49. The van der Waals surface area contributed by atoms with E-state index in [-0.39, 0.29) is 0 Å². The maximum atomic E-state index is 4.53. The average Bonchev–Trinajstić information content (AvgIpc) is 3.30.